The first kappa shape index (κ1) is 19.9. The molecule has 1 aromatic carbocycles. The molecule has 0 bridgehead atoms. The summed E-state index contributed by atoms with van der Waals surface area (Å²) in [6.45, 7) is 6.66. The van der Waals surface area contributed by atoms with Gasteiger partial charge in [0.25, 0.3) is 0 Å². The van der Waals surface area contributed by atoms with Crippen molar-refractivity contribution in [2.24, 2.45) is 4.99 Å². The summed E-state index contributed by atoms with van der Waals surface area (Å²) in [5.41, 5.74) is 3.96. The highest BCUT2D eigenvalue weighted by Crippen LogP contribution is 2.12. The quantitative estimate of drug-likeness (QED) is 0.559. The lowest BCUT2D eigenvalue weighted by molar-refractivity contribution is 0.182. The second kappa shape index (κ2) is 9.91. The Bertz CT molecular complexity index is 742. The summed E-state index contributed by atoms with van der Waals surface area (Å²) < 4.78 is 20.7. The number of nitrogens with one attached hydrogen (secondary N) is 2. The molecule has 0 fully saturated rings. The molecule has 0 radical (unpaired) electrons. The molecule has 0 amide bonds. The van der Waals surface area contributed by atoms with Crippen LogP contribution in [0.4, 0.5) is 4.39 Å². The van der Waals surface area contributed by atoms with E-state index in [1.807, 2.05) is 17.7 Å². The van der Waals surface area contributed by atoms with E-state index >= 15 is 0 Å². The highest BCUT2D eigenvalue weighted by Gasteiger charge is 2.11. The molecule has 2 aromatic rings. The van der Waals surface area contributed by atoms with Gasteiger partial charge >= 0.3 is 0 Å². The van der Waals surface area contributed by atoms with Crippen molar-refractivity contribution in [3.05, 3.63) is 52.6 Å². The zero-order chi connectivity index (χ0) is 18.9. The summed E-state index contributed by atoms with van der Waals surface area (Å²) in [6.07, 6.45) is 0.598. The van der Waals surface area contributed by atoms with Crippen LogP contribution < -0.4 is 10.6 Å². The van der Waals surface area contributed by atoms with Gasteiger partial charge < -0.3 is 15.4 Å². The summed E-state index contributed by atoms with van der Waals surface area (Å²) in [6, 6.07) is 6.83. The summed E-state index contributed by atoms with van der Waals surface area (Å²) >= 11 is 0. The maximum Gasteiger partial charge on any atom is 0.191 e. The lowest BCUT2D eigenvalue weighted by Gasteiger charge is -2.12. The first-order chi connectivity index (χ1) is 12.6. The van der Waals surface area contributed by atoms with E-state index in [4.69, 9.17) is 4.74 Å². The van der Waals surface area contributed by atoms with E-state index in [1.54, 1.807) is 26.3 Å². The Hall–Kier alpha value is -2.41. The molecule has 6 nitrogen and oxygen atoms in total. The number of hydrogen-bond acceptors (Lipinski definition) is 3. The number of methoxy groups -OCH3 is 1. The Labute approximate surface area is 154 Å². The van der Waals surface area contributed by atoms with Crippen LogP contribution >= 0.6 is 0 Å². The van der Waals surface area contributed by atoms with Crippen molar-refractivity contribution in [2.45, 2.75) is 33.4 Å². The van der Waals surface area contributed by atoms with Gasteiger partial charge in [0.05, 0.1) is 18.8 Å². The maximum absolute atomic E-state index is 13.7. The summed E-state index contributed by atoms with van der Waals surface area (Å²) in [7, 11) is 3.41. The zero-order valence-electron chi connectivity index (χ0n) is 16.0. The fourth-order valence-electron chi connectivity index (χ4n) is 2.79. The lowest BCUT2D eigenvalue weighted by atomic mass is 10.1. The van der Waals surface area contributed by atoms with Gasteiger partial charge in [-0.15, -0.1) is 0 Å². The molecule has 0 aliphatic heterocycles. The second-order valence-corrected chi connectivity index (χ2v) is 6.06. The molecule has 0 spiro atoms. The summed E-state index contributed by atoms with van der Waals surface area (Å²) in [5, 5.41) is 11.1. The van der Waals surface area contributed by atoms with Crippen molar-refractivity contribution in [1.82, 2.24) is 20.4 Å². The van der Waals surface area contributed by atoms with Crippen LogP contribution in [0, 0.1) is 19.7 Å². The van der Waals surface area contributed by atoms with E-state index in [-0.39, 0.29) is 5.82 Å². The van der Waals surface area contributed by atoms with Crippen molar-refractivity contribution >= 4 is 5.96 Å². The molecule has 26 heavy (non-hydrogen) atoms. The zero-order valence-corrected chi connectivity index (χ0v) is 16.0. The average Bonchev–Trinajstić information content (AvgIpc) is 2.91. The molecular formula is C19H28FN5O. The highest BCUT2D eigenvalue weighted by molar-refractivity contribution is 5.79. The molecule has 0 aliphatic rings. The predicted molar refractivity (Wildman–Crippen MR) is 102 cm³/mol. The molecule has 0 atom stereocenters. The fraction of sp³-hybridized carbons (Fsp3) is 0.474. The van der Waals surface area contributed by atoms with E-state index < -0.39 is 0 Å². The minimum absolute atomic E-state index is 0.174. The third kappa shape index (κ3) is 5.29. The molecule has 2 rings (SSSR count). The van der Waals surface area contributed by atoms with Crippen LogP contribution in [0.3, 0.4) is 0 Å². The van der Waals surface area contributed by atoms with Gasteiger partial charge in [-0.2, -0.15) is 5.10 Å². The molecule has 7 heteroatoms. The van der Waals surface area contributed by atoms with Gasteiger partial charge in [-0.3, -0.25) is 9.67 Å². The van der Waals surface area contributed by atoms with Crippen molar-refractivity contribution in [3.63, 3.8) is 0 Å². The van der Waals surface area contributed by atoms with Crippen LogP contribution in [0.15, 0.2) is 29.3 Å². The van der Waals surface area contributed by atoms with Crippen LogP contribution in [0.25, 0.3) is 0 Å². The van der Waals surface area contributed by atoms with Crippen molar-refractivity contribution in [1.29, 1.82) is 0 Å². The molecular weight excluding hydrogens is 333 g/mol. The van der Waals surface area contributed by atoms with Gasteiger partial charge in [0.1, 0.15) is 5.82 Å². The third-order valence-electron chi connectivity index (χ3n) is 4.34. The Kier molecular flexibility index (Phi) is 7.59. The predicted octanol–water partition coefficient (Wildman–Crippen LogP) is 2.19. The van der Waals surface area contributed by atoms with Crippen LogP contribution in [-0.2, 0) is 24.2 Å². The van der Waals surface area contributed by atoms with Crippen LogP contribution in [-0.4, -0.2) is 43.0 Å². The van der Waals surface area contributed by atoms with Crippen molar-refractivity contribution < 1.29 is 9.13 Å². The number of aryl methyl sites for hydroxylation is 1. The minimum Gasteiger partial charge on any atom is -0.383 e. The lowest BCUT2D eigenvalue weighted by Crippen LogP contribution is -2.38. The number of nitrogens with zero attached hydrogens (tertiary/aromatic N) is 3. The number of hydrogen-bond donors (Lipinski definition) is 2. The smallest absolute Gasteiger partial charge is 0.191 e. The maximum atomic E-state index is 13.7. The van der Waals surface area contributed by atoms with Crippen molar-refractivity contribution in [2.75, 3.05) is 27.3 Å². The van der Waals surface area contributed by atoms with Gasteiger partial charge in [-0.25, -0.2) is 4.39 Å². The van der Waals surface area contributed by atoms with E-state index in [1.165, 1.54) is 6.07 Å². The molecule has 1 aromatic heterocycles. The average molecular weight is 361 g/mol. The number of ether oxygens (including phenoxy) is 1. The van der Waals surface area contributed by atoms with Gasteiger partial charge in [-0.05, 0) is 31.9 Å². The minimum atomic E-state index is -0.174. The fourth-order valence-corrected chi connectivity index (χ4v) is 2.79. The van der Waals surface area contributed by atoms with E-state index in [0.717, 1.165) is 23.5 Å². The van der Waals surface area contributed by atoms with Crippen LogP contribution in [0.1, 0.15) is 22.5 Å². The number of aromatic nitrogens is 2. The second-order valence-electron chi connectivity index (χ2n) is 6.06. The third-order valence-corrected chi connectivity index (χ3v) is 4.34. The topological polar surface area (TPSA) is 63.5 Å². The first-order valence-electron chi connectivity index (χ1n) is 8.76. The molecule has 142 valence electrons. The SMILES string of the molecule is CN=C(NCCc1ccccc1F)NCc1c(C)nn(CCOC)c1C. The monoisotopic (exact) mass is 361 g/mol. The van der Waals surface area contributed by atoms with Crippen molar-refractivity contribution in [3.8, 4) is 0 Å². The highest BCUT2D eigenvalue weighted by atomic mass is 19.1. The number of halogens is 1. The van der Waals surface area contributed by atoms with E-state index in [2.05, 4.69) is 27.6 Å². The molecule has 2 N–H and O–H groups in total. The number of guanidine groups is 1. The van der Waals surface area contributed by atoms with Gasteiger partial charge in [-0.1, -0.05) is 18.2 Å². The number of rotatable bonds is 8. The van der Waals surface area contributed by atoms with E-state index in [0.29, 0.717) is 37.6 Å². The van der Waals surface area contributed by atoms with Crippen LogP contribution in [0.2, 0.25) is 0 Å². The largest absolute Gasteiger partial charge is 0.383 e. The Balaban J connectivity index is 1.87. The number of aliphatic imine (C=N–C) groups is 1. The Morgan fingerprint density at radius 3 is 2.73 bits per heavy atom. The Morgan fingerprint density at radius 2 is 2.04 bits per heavy atom. The first-order valence-corrected chi connectivity index (χ1v) is 8.76. The van der Waals surface area contributed by atoms with Gasteiger partial charge in [0, 0.05) is 38.5 Å². The van der Waals surface area contributed by atoms with Gasteiger partial charge in [0.2, 0.25) is 0 Å². The summed E-state index contributed by atoms with van der Waals surface area (Å²) in [5.74, 6) is 0.511. The molecule has 0 saturated heterocycles. The van der Waals surface area contributed by atoms with E-state index in [9.17, 15) is 4.39 Å². The van der Waals surface area contributed by atoms with Gasteiger partial charge in [0.15, 0.2) is 5.96 Å². The molecule has 1 heterocycles. The van der Waals surface area contributed by atoms with Crippen LogP contribution in [0.5, 0.6) is 0 Å². The number of benzene rings is 1. The molecule has 0 unspecified atom stereocenters. The summed E-state index contributed by atoms with van der Waals surface area (Å²) in [4.78, 5) is 4.23. The molecule has 0 aliphatic carbocycles. The molecule has 0 saturated carbocycles. The Morgan fingerprint density at radius 1 is 1.27 bits per heavy atom. The normalized spacial score (nSPS) is 11.7. The standard InChI is InChI=1S/C19H28FN5O/c1-14-17(15(2)25(24-14)11-12-26-4)13-23-19(21-3)22-10-9-16-7-5-6-8-18(16)20/h5-8H,9-13H2,1-4H3,(H2,21,22,23).